The minimum atomic E-state index is -0.0625. The quantitative estimate of drug-likeness (QED) is 0.484. The van der Waals surface area contributed by atoms with Crippen LogP contribution in [0, 0.1) is 0 Å². The van der Waals surface area contributed by atoms with E-state index in [1.54, 1.807) is 0 Å². The Kier molecular flexibility index (Phi) is 2.27. The van der Waals surface area contributed by atoms with Gasteiger partial charge in [-0.1, -0.05) is 0 Å². The van der Waals surface area contributed by atoms with Gasteiger partial charge in [0.05, 0.1) is 6.42 Å². The summed E-state index contributed by atoms with van der Waals surface area (Å²) in [6, 6.07) is 0. The van der Waals surface area contributed by atoms with Crippen LogP contribution in [-0.2, 0) is 9.59 Å². The fourth-order valence-corrected chi connectivity index (χ4v) is 0.351. The first-order chi connectivity index (χ1) is 3.13. The molecule has 0 radical (unpaired) electrons. The van der Waals surface area contributed by atoms with Gasteiger partial charge in [0.25, 0.3) is 0 Å². The third kappa shape index (κ3) is 5.34. The molecule has 0 aromatic heterocycles. The summed E-state index contributed by atoms with van der Waals surface area (Å²) < 4.78 is 0. The van der Waals surface area contributed by atoms with E-state index in [9.17, 15) is 9.59 Å². The normalized spacial score (nSPS) is 8.29. The highest BCUT2D eigenvalue weighted by atomic mass is 16.1. The second kappa shape index (κ2) is 2.50. The molecule has 0 saturated heterocycles. The Hall–Kier alpha value is -0.660. The number of hydrogen-bond donors (Lipinski definition) is 0. The van der Waals surface area contributed by atoms with Gasteiger partial charge in [0.1, 0.15) is 11.6 Å². The molecule has 0 aromatic carbocycles. The van der Waals surface area contributed by atoms with Crippen LogP contribution in [0.3, 0.4) is 0 Å². The van der Waals surface area contributed by atoms with E-state index in [0.29, 0.717) is 0 Å². The number of carbonyl (C=O) groups is 2. The first-order valence-electron chi connectivity index (χ1n) is 2.12. The molecule has 0 aliphatic carbocycles. The summed E-state index contributed by atoms with van der Waals surface area (Å²) in [5, 5.41) is 0. The van der Waals surface area contributed by atoms with E-state index in [0.717, 1.165) is 0 Å². The minimum absolute atomic E-state index is 0. The minimum Gasteiger partial charge on any atom is -0.300 e. The molecule has 0 spiro atoms. The Labute approximate surface area is 44.0 Å². The van der Waals surface area contributed by atoms with Gasteiger partial charge in [0.15, 0.2) is 0 Å². The Balaban J connectivity index is 0. The molecule has 0 aliphatic rings. The zero-order valence-electron chi connectivity index (χ0n) is 4.52. The van der Waals surface area contributed by atoms with Crippen molar-refractivity contribution < 1.29 is 11.0 Å². The van der Waals surface area contributed by atoms with E-state index in [2.05, 4.69) is 0 Å². The fraction of sp³-hybridized carbons (Fsp3) is 0.600. The molecule has 0 amide bonds. The predicted molar refractivity (Wildman–Crippen MR) is 28.1 cm³/mol. The van der Waals surface area contributed by atoms with E-state index in [4.69, 9.17) is 0 Å². The summed E-state index contributed by atoms with van der Waals surface area (Å²) in [6.07, 6.45) is 0.0833. The van der Waals surface area contributed by atoms with Crippen molar-refractivity contribution in [3.05, 3.63) is 0 Å². The van der Waals surface area contributed by atoms with E-state index in [1.165, 1.54) is 13.8 Å². The number of rotatable bonds is 2. The standard InChI is InChI=1S/C5H8O2.H2/c1-4(6)3-5(2)7;/h3H2,1-2H3;1H/i;1+1. The van der Waals surface area contributed by atoms with Gasteiger partial charge in [0, 0.05) is 1.43 Å². The molecule has 0 aliphatic heterocycles. The van der Waals surface area contributed by atoms with Crippen molar-refractivity contribution in [2.75, 3.05) is 0 Å². The van der Waals surface area contributed by atoms with E-state index >= 15 is 0 Å². The SMILES string of the molecule is CC(=O)CC(C)=O.[2HH]. The summed E-state index contributed by atoms with van der Waals surface area (Å²) in [7, 11) is 0. The lowest BCUT2D eigenvalue weighted by Gasteiger charge is -1.81. The van der Waals surface area contributed by atoms with Crippen molar-refractivity contribution in [3.8, 4) is 0 Å². The molecule has 2 nitrogen and oxygen atoms in total. The van der Waals surface area contributed by atoms with Crippen molar-refractivity contribution in [2.45, 2.75) is 20.3 Å². The van der Waals surface area contributed by atoms with Crippen molar-refractivity contribution in [1.29, 1.82) is 0 Å². The summed E-state index contributed by atoms with van der Waals surface area (Å²) in [6.45, 7) is 2.81. The van der Waals surface area contributed by atoms with Crippen LogP contribution in [0.4, 0.5) is 0 Å². The number of carbonyl (C=O) groups excluding carboxylic acids is 2. The van der Waals surface area contributed by atoms with Crippen LogP contribution in [0.25, 0.3) is 0 Å². The Morgan fingerprint density at radius 2 is 1.57 bits per heavy atom. The van der Waals surface area contributed by atoms with Crippen LogP contribution >= 0.6 is 0 Å². The lowest BCUT2D eigenvalue weighted by atomic mass is 10.2. The molecule has 42 valence electrons. The largest absolute Gasteiger partial charge is 0.300 e. The number of Topliss-reactive ketones (excluding diaryl/α,β-unsaturated/α-hetero) is 2. The summed E-state index contributed by atoms with van der Waals surface area (Å²) in [5.74, 6) is -0.125. The van der Waals surface area contributed by atoms with Gasteiger partial charge in [-0.3, -0.25) is 9.59 Å². The lowest BCUT2D eigenvalue weighted by molar-refractivity contribution is -0.124. The van der Waals surface area contributed by atoms with Gasteiger partial charge in [-0.2, -0.15) is 0 Å². The Bertz CT molecular complexity index is 86.6. The van der Waals surface area contributed by atoms with Gasteiger partial charge in [-0.15, -0.1) is 0 Å². The van der Waals surface area contributed by atoms with Crippen molar-refractivity contribution in [3.63, 3.8) is 0 Å². The van der Waals surface area contributed by atoms with E-state index < -0.39 is 0 Å². The third-order valence-electron chi connectivity index (χ3n) is 0.498. The van der Waals surface area contributed by atoms with Crippen LogP contribution in [0.2, 0.25) is 0 Å². The highest BCUT2D eigenvalue weighted by Crippen LogP contribution is 1.80. The lowest BCUT2D eigenvalue weighted by Crippen LogP contribution is -1.97. The average molecular weight is 103 g/mol. The van der Waals surface area contributed by atoms with Gasteiger partial charge in [0.2, 0.25) is 0 Å². The molecule has 0 unspecified atom stereocenters. The molecule has 0 N–H and O–H groups in total. The molecule has 2 heteroatoms. The highest BCUT2D eigenvalue weighted by Gasteiger charge is 1.94. The fourth-order valence-electron chi connectivity index (χ4n) is 0.351. The maximum Gasteiger partial charge on any atom is 0.137 e. The van der Waals surface area contributed by atoms with E-state index in [-0.39, 0.29) is 19.4 Å². The monoisotopic (exact) mass is 103 g/mol. The van der Waals surface area contributed by atoms with Gasteiger partial charge < -0.3 is 0 Å². The first-order valence-corrected chi connectivity index (χ1v) is 2.12. The maximum absolute atomic E-state index is 10.0. The number of hydrogen-bond acceptors (Lipinski definition) is 2. The molecule has 0 rings (SSSR count). The zero-order valence-corrected chi connectivity index (χ0v) is 4.52. The average Bonchev–Trinajstić information content (AvgIpc) is 1.27. The highest BCUT2D eigenvalue weighted by molar-refractivity contribution is 5.96. The molecule has 0 fully saturated rings. The van der Waals surface area contributed by atoms with Gasteiger partial charge >= 0.3 is 0 Å². The summed E-state index contributed by atoms with van der Waals surface area (Å²) >= 11 is 0. The predicted octanol–water partition coefficient (Wildman–Crippen LogP) is 0.800. The molecule has 7 heavy (non-hydrogen) atoms. The topological polar surface area (TPSA) is 34.1 Å². The molecule has 0 heterocycles. The van der Waals surface area contributed by atoms with Crippen molar-refractivity contribution >= 4 is 11.6 Å². The molecule has 0 bridgehead atoms. The van der Waals surface area contributed by atoms with E-state index in [1.807, 2.05) is 0 Å². The van der Waals surface area contributed by atoms with Crippen LogP contribution in [0.15, 0.2) is 0 Å². The number of ketones is 2. The first kappa shape index (κ1) is 6.34. The van der Waals surface area contributed by atoms with Crippen molar-refractivity contribution in [1.82, 2.24) is 0 Å². The maximum atomic E-state index is 10.0. The summed E-state index contributed by atoms with van der Waals surface area (Å²) in [5.41, 5.74) is 0. The molecule has 0 saturated carbocycles. The second-order valence-electron chi connectivity index (χ2n) is 1.58. The molecule has 0 aromatic rings. The smallest absolute Gasteiger partial charge is 0.137 e. The van der Waals surface area contributed by atoms with Crippen LogP contribution < -0.4 is 0 Å². The third-order valence-corrected chi connectivity index (χ3v) is 0.498. The molecular weight excluding hydrogens is 92.1 g/mol. The van der Waals surface area contributed by atoms with Crippen molar-refractivity contribution in [2.24, 2.45) is 0 Å². The second-order valence-corrected chi connectivity index (χ2v) is 1.58. The Morgan fingerprint density at radius 1 is 1.29 bits per heavy atom. The molecule has 0 atom stereocenters. The molecular formula is C5H10O2. The Morgan fingerprint density at radius 3 is 1.57 bits per heavy atom. The van der Waals surface area contributed by atoms with Crippen LogP contribution in [-0.4, -0.2) is 11.6 Å². The summed E-state index contributed by atoms with van der Waals surface area (Å²) in [4.78, 5) is 20.1. The van der Waals surface area contributed by atoms with Crippen LogP contribution in [0.5, 0.6) is 0 Å². The van der Waals surface area contributed by atoms with Gasteiger partial charge in [-0.05, 0) is 13.8 Å². The zero-order chi connectivity index (χ0) is 5.86. The van der Waals surface area contributed by atoms with Crippen LogP contribution in [0.1, 0.15) is 21.7 Å². The van der Waals surface area contributed by atoms with Gasteiger partial charge in [-0.25, -0.2) is 0 Å².